The van der Waals surface area contributed by atoms with Gasteiger partial charge >= 0.3 is 0 Å². The van der Waals surface area contributed by atoms with E-state index in [0.717, 1.165) is 35.7 Å². The van der Waals surface area contributed by atoms with Crippen LogP contribution in [0.1, 0.15) is 25.7 Å². The number of nitrogens with two attached hydrogens (primary N) is 1. The lowest BCUT2D eigenvalue weighted by Gasteiger charge is -2.24. The Bertz CT molecular complexity index is 715. The van der Waals surface area contributed by atoms with Crippen LogP contribution in [0, 0.1) is 0 Å². The monoisotopic (exact) mass is 298 g/mol. The van der Waals surface area contributed by atoms with Crippen molar-refractivity contribution < 1.29 is 0 Å². The molecule has 0 spiro atoms. The highest BCUT2D eigenvalue weighted by Gasteiger charge is 2.13. The van der Waals surface area contributed by atoms with E-state index in [2.05, 4.69) is 16.1 Å². The van der Waals surface area contributed by atoms with E-state index in [1.165, 1.54) is 36.4 Å². The minimum atomic E-state index is -0.113. The number of anilines is 2. The molecule has 2 heterocycles. The molecule has 1 fully saturated rings. The SMILES string of the molecule is Cn1nc(-c2ccc(N3CCCCCC3)c(N)c2)ccc1=O. The Labute approximate surface area is 130 Å². The Morgan fingerprint density at radius 3 is 2.41 bits per heavy atom. The third-order valence-electron chi connectivity index (χ3n) is 4.23. The van der Waals surface area contributed by atoms with Crippen molar-refractivity contribution in [2.75, 3.05) is 23.7 Å². The normalized spacial score (nSPS) is 15.6. The van der Waals surface area contributed by atoms with Crippen LogP contribution in [-0.4, -0.2) is 22.9 Å². The van der Waals surface area contributed by atoms with Gasteiger partial charge in [0.15, 0.2) is 0 Å². The van der Waals surface area contributed by atoms with Gasteiger partial charge < -0.3 is 10.6 Å². The third kappa shape index (κ3) is 2.98. The zero-order valence-electron chi connectivity index (χ0n) is 13.0. The lowest BCUT2D eigenvalue weighted by Crippen LogP contribution is -2.24. The summed E-state index contributed by atoms with van der Waals surface area (Å²) in [5, 5.41) is 4.28. The predicted molar refractivity (Wildman–Crippen MR) is 90.0 cm³/mol. The number of hydrogen-bond donors (Lipinski definition) is 1. The number of rotatable bonds is 2. The van der Waals surface area contributed by atoms with Gasteiger partial charge in [0.1, 0.15) is 0 Å². The van der Waals surface area contributed by atoms with Crippen LogP contribution in [0.3, 0.4) is 0 Å². The van der Waals surface area contributed by atoms with E-state index in [0.29, 0.717) is 0 Å². The molecule has 1 aromatic heterocycles. The van der Waals surface area contributed by atoms with Crippen LogP contribution in [0.15, 0.2) is 35.1 Å². The maximum absolute atomic E-state index is 11.4. The average molecular weight is 298 g/mol. The summed E-state index contributed by atoms with van der Waals surface area (Å²) in [4.78, 5) is 13.8. The first-order chi connectivity index (χ1) is 10.6. The fraction of sp³-hybridized carbons (Fsp3) is 0.412. The quantitative estimate of drug-likeness (QED) is 0.865. The molecule has 1 saturated heterocycles. The first-order valence-electron chi connectivity index (χ1n) is 7.84. The standard InChI is InChI=1S/C17H22N4O/c1-20-17(22)9-7-15(19-20)13-6-8-16(14(18)12-13)21-10-4-2-3-5-11-21/h6-9,12H,2-5,10-11,18H2,1H3. The molecule has 5 heteroatoms. The fourth-order valence-corrected chi connectivity index (χ4v) is 2.97. The first kappa shape index (κ1) is 14.6. The molecule has 22 heavy (non-hydrogen) atoms. The van der Waals surface area contributed by atoms with Gasteiger partial charge in [-0.25, -0.2) is 4.68 Å². The fourth-order valence-electron chi connectivity index (χ4n) is 2.97. The van der Waals surface area contributed by atoms with E-state index in [1.54, 1.807) is 13.1 Å². The van der Waals surface area contributed by atoms with Crippen molar-refractivity contribution in [1.29, 1.82) is 0 Å². The summed E-state index contributed by atoms with van der Waals surface area (Å²) in [6.45, 7) is 2.14. The van der Waals surface area contributed by atoms with Gasteiger partial charge in [-0.3, -0.25) is 4.79 Å². The molecule has 0 bridgehead atoms. The van der Waals surface area contributed by atoms with E-state index < -0.39 is 0 Å². The van der Waals surface area contributed by atoms with Crippen LogP contribution >= 0.6 is 0 Å². The minimum absolute atomic E-state index is 0.113. The molecule has 1 aliphatic rings. The molecule has 1 aliphatic heterocycles. The zero-order chi connectivity index (χ0) is 15.5. The molecular formula is C17H22N4O. The maximum Gasteiger partial charge on any atom is 0.266 e. The first-order valence-corrected chi connectivity index (χ1v) is 7.84. The molecule has 0 radical (unpaired) electrons. The number of nitrogen functional groups attached to an aromatic ring is 1. The van der Waals surface area contributed by atoms with Gasteiger partial charge in [0.05, 0.1) is 17.1 Å². The molecule has 5 nitrogen and oxygen atoms in total. The van der Waals surface area contributed by atoms with E-state index in [9.17, 15) is 4.79 Å². The third-order valence-corrected chi connectivity index (χ3v) is 4.23. The van der Waals surface area contributed by atoms with Crippen LogP contribution in [0.2, 0.25) is 0 Å². The molecule has 0 aliphatic carbocycles. The van der Waals surface area contributed by atoms with Crippen LogP contribution in [0.5, 0.6) is 0 Å². The lowest BCUT2D eigenvalue weighted by atomic mass is 10.1. The molecule has 3 rings (SSSR count). The van der Waals surface area contributed by atoms with Crippen molar-refractivity contribution >= 4 is 11.4 Å². The maximum atomic E-state index is 11.4. The highest BCUT2D eigenvalue weighted by molar-refractivity contribution is 5.75. The Kier molecular flexibility index (Phi) is 4.13. The molecule has 2 aromatic rings. The second-order valence-corrected chi connectivity index (χ2v) is 5.86. The van der Waals surface area contributed by atoms with Gasteiger partial charge in [0, 0.05) is 31.8 Å². The molecule has 0 atom stereocenters. The van der Waals surface area contributed by atoms with Crippen LogP contribution in [-0.2, 0) is 7.05 Å². The van der Waals surface area contributed by atoms with Gasteiger partial charge in [0.25, 0.3) is 5.56 Å². The van der Waals surface area contributed by atoms with Crippen molar-refractivity contribution in [3.05, 3.63) is 40.7 Å². The summed E-state index contributed by atoms with van der Waals surface area (Å²) < 4.78 is 1.34. The summed E-state index contributed by atoms with van der Waals surface area (Å²) in [5.74, 6) is 0. The Balaban J connectivity index is 1.91. The summed E-state index contributed by atoms with van der Waals surface area (Å²) in [6, 6.07) is 9.32. The van der Waals surface area contributed by atoms with E-state index in [-0.39, 0.29) is 5.56 Å². The van der Waals surface area contributed by atoms with Crippen molar-refractivity contribution in [2.45, 2.75) is 25.7 Å². The molecule has 0 unspecified atom stereocenters. The Morgan fingerprint density at radius 2 is 1.77 bits per heavy atom. The number of aromatic nitrogens is 2. The summed E-state index contributed by atoms with van der Waals surface area (Å²) >= 11 is 0. The summed E-state index contributed by atoms with van der Waals surface area (Å²) in [6.07, 6.45) is 5.06. The van der Waals surface area contributed by atoms with Crippen LogP contribution < -0.4 is 16.2 Å². The van der Waals surface area contributed by atoms with E-state index >= 15 is 0 Å². The van der Waals surface area contributed by atoms with Crippen molar-refractivity contribution in [3.8, 4) is 11.3 Å². The van der Waals surface area contributed by atoms with Gasteiger partial charge in [-0.15, -0.1) is 0 Å². The highest BCUT2D eigenvalue weighted by Crippen LogP contribution is 2.29. The van der Waals surface area contributed by atoms with Gasteiger partial charge in [0.2, 0.25) is 0 Å². The topological polar surface area (TPSA) is 64.2 Å². The Morgan fingerprint density at radius 1 is 1.05 bits per heavy atom. The summed E-state index contributed by atoms with van der Waals surface area (Å²) in [5.41, 5.74) is 9.73. The van der Waals surface area contributed by atoms with Crippen molar-refractivity contribution in [1.82, 2.24) is 9.78 Å². The zero-order valence-corrected chi connectivity index (χ0v) is 13.0. The largest absolute Gasteiger partial charge is 0.397 e. The smallest absolute Gasteiger partial charge is 0.266 e. The van der Waals surface area contributed by atoms with Gasteiger partial charge in [-0.05, 0) is 31.0 Å². The highest BCUT2D eigenvalue weighted by atomic mass is 16.1. The molecule has 1 aromatic carbocycles. The second kappa shape index (κ2) is 6.22. The Hall–Kier alpha value is -2.30. The van der Waals surface area contributed by atoms with E-state index in [1.807, 2.05) is 12.1 Å². The van der Waals surface area contributed by atoms with Crippen LogP contribution in [0.4, 0.5) is 11.4 Å². The predicted octanol–water partition coefficient (Wildman–Crippen LogP) is 2.41. The van der Waals surface area contributed by atoms with E-state index in [4.69, 9.17) is 5.73 Å². The molecule has 0 saturated carbocycles. The number of nitrogens with zero attached hydrogens (tertiary/aromatic N) is 3. The van der Waals surface area contributed by atoms with Crippen molar-refractivity contribution in [2.24, 2.45) is 7.05 Å². The van der Waals surface area contributed by atoms with Crippen molar-refractivity contribution in [3.63, 3.8) is 0 Å². The molecule has 0 amide bonds. The molecular weight excluding hydrogens is 276 g/mol. The minimum Gasteiger partial charge on any atom is -0.397 e. The second-order valence-electron chi connectivity index (χ2n) is 5.86. The number of aryl methyl sites for hydroxylation is 1. The lowest BCUT2D eigenvalue weighted by molar-refractivity contribution is 0.712. The number of hydrogen-bond acceptors (Lipinski definition) is 4. The number of benzene rings is 1. The van der Waals surface area contributed by atoms with Crippen LogP contribution in [0.25, 0.3) is 11.3 Å². The molecule has 2 N–H and O–H groups in total. The van der Waals surface area contributed by atoms with Gasteiger partial charge in [-0.2, -0.15) is 5.10 Å². The van der Waals surface area contributed by atoms with Gasteiger partial charge in [-0.1, -0.05) is 18.9 Å². The molecule has 116 valence electrons. The summed E-state index contributed by atoms with van der Waals surface area (Å²) in [7, 11) is 1.65. The average Bonchev–Trinajstić information content (AvgIpc) is 2.79.